The summed E-state index contributed by atoms with van der Waals surface area (Å²) >= 11 is 0. The maximum Gasteiger partial charge on any atom is 0.294 e. The molecule has 35 heavy (non-hydrogen) atoms. The summed E-state index contributed by atoms with van der Waals surface area (Å²) in [5.74, 6) is -3.85. The van der Waals surface area contributed by atoms with E-state index in [1.54, 1.807) is 16.5 Å². The van der Waals surface area contributed by atoms with E-state index in [2.05, 4.69) is 15.1 Å². The molecule has 0 bridgehead atoms. The smallest absolute Gasteiger partial charge is 0.294 e. The van der Waals surface area contributed by atoms with Crippen LogP contribution >= 0.6 is 0 Å². The molecule has 1 aliphatic rings. The predicted octanol–water partition coefficient (Wildman–Crippen LogP) is 3.81. The standard InChI is InChI=1S/C25H25F3N6O/c1-4-20-31-24(32-34(20)16-8-6-5-7-9-16)25(35)33-11-10-17(22(29)14(33)2)23(30-3)15-12-18(26)21(28)19(27)13-15/h5-9,12-14H,4,10-11,29H2,1-3H3/t14-/m0/s1. The molecular formula is C25H25F3N6O. The fraction of sp³-hybridized carbons (Fsp3) is 0.280. The molecule has 0 radical (unpaired) electrons. The molecule has 0 saturated carbocycles. The highest BCUT2D eigenvalue weighted by Crippen LogP contribution is 2.27. The van der Waals surface area contributed by atoms with Crippen LogP contribution in [0.15, 0.2) is 58.7 Å². The van der Waals surface area contributed by atoms with Gasteiger partial charge in [0, 0.05) is 36.8 Å². The number of carbonyl (C=O) groups excluding carboxylic acids is 1. The number of para-hydroxylation sites is 1. The number of carbonyl (C=O) groups is 1. The van der Waals surface area contributed by atoms with Crippen molar-refractivity contribution >= 4 is 11.6 Å². The molecule has 1 atom stereocenters. The molecule has 0 spiro atoms. The van der Waals surface area contributed by atoms with Gasteiger partial charge in [0.25, 0.3) is 5.91 Å². The van der Waals surface area contributed by atoms with Crippen LogP contribution in [0.4, 0.5) is 13.2 Å². The van der Waals surface area contributed by atoms with Gasteiger partial charge in [0.1, 0.15) is 5.82 Å². The lowest BCUT2D eigenvalue weighted by Crippen LogP contribution is -2.47. The number of nitrogens with two attached hydrogens (primary N) is 1. The van der Waals surface area contributed by atoms with Gasteiger partial charge in [0.2, 0.25) is 5.82 Å². The van der Waals surface area contributed by atoms with Crippen LogP contribution in [0.5, 0.6) is 0 Å². The Morgan fingerprint density at radius 2 is 1.83 bits per heavy atom. The van der Waals surface area contributed by atoms with Crippen LogP contribution < -0.4 is 5.73 Å². The van der Waals surface area contributed by atoms with Crippen molar-refractivity contribution in [2.75, 3.05) is 13.6 Å². The molecule has 7 nitrogen and oxygen atoms in total. The molecule has 1 aromatic heterocycles. The van der Waals surface area contributed by atoms with Gasteiger partial charge < -0.3 is 10.6 Å². The van der Waals surface area contributed by atoms with E-state index in [9.17, 15) is 18.0 Å². The van der Waals surface area contributed by atoms with Crippen molar-refractivity contribution in [3.63, 3.8) is 0 Å². The summed E-state index contributed by atoms with van der Waals surface area (Å²) in [4.78, 5) is 23.5. The van der Waals surface area contributed by atoms with E-state index < -0.39 is 23.5 Å². The highest BCUT2D eigenvalue weighted by atomic mass is 19.2. The molecule has 2 heterocycles. The summed E-state index contributed by atoms with van der Waals surface area (Å²) in [7, 11) is 1.46. The van der Waals surface area contributed by atoms with Gasteiger partial charge in [-0.2, -0.15) is 0 Å². The van der Waals surface area contributed by atoms with Gasteiger partial charge in [-0.3, -0.25) is 9.79 Å². The highest BCUT2D eigenvalue weighted by Gasteiger charge is 2.33. The second-order valence-electron chi connectivity index (χ2n) is 8.14. The minimum Gasteiger partial charge on any atom is -0.400 e. The van der Waals surface area contributed by atoms with Crippen molar-refractivity contribution in [3.8, 4) is 5.69 Å². The third-order valence-corrected chi connectivity index (χ3v) is 6.08. The van der Waals surface area contributed by atoms with Gasteiger partial charge in [-0.25, -0.2) is 22.8 Å². The van der Waals surface area contributed by atoms with E-state index >= 15 is 0 Å². The number of aliphatic imine (C=N–C) groups is 1. The number of aryl methyl sites for hydroxylation is 1. The quantitative estimate of drug-likeness (QED) is 0.442. The summed E-state index contributed by atoms with van der Waals surface area (Å²) in [6.45, 7) is 3.95. The normalized spacial score (nSPS) is 16.7. The molecule has 4 rings (SSSR count). The van der Waals surface area contributed by atoms with Gasteiger partial charge in [0.15, 0.2) is 17.5 Å². The van der Waals surface area contributed by atoms with Crippen LogP contribution in [0.3, 0.4) is 0 Å². The Balaban J connectivity index is 1.64. The number of benzene rings is 2. The summed E-state index contributed by atoms with van der Waals surface area (Å²) in [6, 6.07) is 10.6. The highest BCUT2D eigenvalue weighted by molar-refractivity contribution is 6.13. The zero-order valence-corrected chi connectivity index (χ0v) is 19.6. The second kappa shape index (κ2) is 9.73. The van der Waals surface area contributed by atoms with Crippen molar-refractivity contribution in [2.24, 2.45) is 10.7 Å². The van der Waals surface area contributed by atoms with Gasteiger partial charge in [-0.05, 0) is 37.6 Å². The molecule has 0 fully saturated rings. The molecule has 0 aliphatic carbocycles. The predicted molar refractivity (Wildman–Crippen MR) is 126 cm³/mol. The van der Waals surface area contributed by atoms with Crippen molar-refractivity contribution in [1.29, 1.82) is 0 Å². The Morgan fingerprint density at radius 3 is 2.43 bits per heavy atom. The first kappa shape index (κ1) is 24.2. The summed E-state index contributed by atoms with van der Waals surface area (Å²) < 4.78 is 42.8. The molecular weight excluding hydrogens is 457 g/mol. The lowest BCUT2D eigenvalue weighted by Gasteiger charge is -2.35. The Morgan fingerprint density at radius 1 is 1.17 bits per heavy atom. The number of nitrogens with zero attached hydrogens (tertiary/aromatic N) is 5. The van der Waals surface area contributed by atoms with Gasteiger partial charge >= 0.3 is 0 Å². The molecule has 10 heteroatoms. The average molecular weight is 483 g/mol. The van der Waals surface area contributed by atoms with E-state index in [-0.39, 0.29) is 36.0 Å². The number of amides is 1. The molecule has 182 valence electrons. The number of hydrogen-bond donors (Lipinski definition) is 1. The number of rotatable bonds is 5. The molecule has 3 aromatic rings. The lowest BCUT2D eigenvalue weighted by molar-refractivity contribution is 0.0694. The second-order valence-corrected chi connectivity index (χ2v) is 8.14. The van der Waals surface area contributed by atoms with Gasteiger partial charge in [-0.1, -0.05) is 25.1 Å². The maximum absolute atomic E-state index is 13.8. The van der Waals surface area contributed by atoms with Crippen molar-refractivity contribution in [2.45, 2.75) is 32.7 Å². The van der Waals surface area contributed by atoms with E-state index in [0.29, 0.717) is 23.5 Å². The van der Waals surface area contributed by atoms with Gasteiger partial charge in [0.05, 0.1) is 17.4 Å². The third kappa shape index (κ3) is 4.43. The maximum atomic E-state index is 13.8. The Labute approximate surface area is 200 Å². The summed E-state index contributed by atoms with van der Waals surface area (Å²) in [6.07, 6.45) is 0.868. The average Bonchev–Trinajstić information content (AvgIpc) is 3.30. The lowest BCUT2D eigenvalue weighted by atomic mass is 9.91. The molecule has 2 aromatic carbocycles. The summed E-state index contributed by atoms with van der Waals surface area (Å²) in [5, 5.41) is 4.45. The van der Waals surface area contributed by atoms with Crippen LogP contribution in [0.1, 0.15) is 42.3 Å². The first-order chi connectivity index (χ1) is 16.8. The minimum atomic E-state index is -1.55. The zero-order valence-electron chi connectivity index (χ0n) is 19.6. The number of aromatic nitrogens is 3. The fourth-order valence-corrected chi connectivity index (χ4v) is 4.22. The van der Waals surface area contributed by atoms with Crippen molar-refractivity contribution in [3.05, 3.63) is 88.4 Å². The molecule has 0 unspecified atom stereocenters. The SMILES string of the molecule is CCc1nc(C(=O)N2CCC(C(=NC)c3cc(F)c(F)c(F)c3)=C(N)[C@@H]2C)nn1-c1ccccc1. The van der Waals surface area contributed by atoms with Crippen LogP contribution in [-0.2, 0) is 6.42 Å². The minimum absolute atomic E-state index is 0.0564. The third-order valence-electron chi connectivity index (χ3n) is 6.08. The van der Waals surface area contributed by atoms with Crippen LogP contribution in [0.25, 0.3) is 5.69 Å². The Hall–Kier alpha value is -3.95. The topological polar surface area (TPSA) is 89.4 Å². The van der Waals surface area contributed by atoms with E-state index in [4.69, 9.17) is 5.73 Å². The van der Waals surface area contributed by atoms with E-state index in [0.717, 1.165) is 17.8 Å². The molecule has 2 N–H and O–H groups in total. The van der Waals surface area contributed by atoms with Crippen LogP contribution in [0, 0.1) is 17.5 Å². The van der Waals surface area contributed by atoms with Gasteiger partial charge in [-0.15, -0.1) is 5.10 Å². The number of halogens is 3. The molecule has 1 aliphatic heterocycles. The summed E-state index contributed by atoms with van der Waals surface area (Å²) in [5.41, 5.74) is 8.39. The van der Waals surface area contributed by atoms with Crippen LogP contribution in [0.2, 0.25) is 0 Å². The monoisotopic (exact) mass is 482 g/mol. The Kier molecular flexibility index (Phi) is 6.72. The first-order valence-corrected chi connectivity index (χ1v) is 11.2. The largest absolute Gasteiger partial charge is 0.400 e. The molecule has 1 amide bonds. The zero-order chi connectivity index (χ0) is 25.3. The van der Waals surface area contributed by atoms with Crippen molar-refractivity contribution in [1.82, 2.24) is 19.7 Å². The van der Waals surface area contributed by atoms with Crippen LogP contribution in [-0.4, -0.2) is 50.9 Å². The molecule has 0 saturated heterocycles. The van der Waals surface area contributed by atoms with E-state index in [1.165, 1.54) is 7.05 Å². The Bertz CT molecular complexity index is 1310. The number of hydrogen-bond acceptors (Lipinski definition) is 5. The fourth-order valence-electron chi connectivity index (χ4n) is 4.22. The first-order valence-electron chi connectivity index (χ1n) is 11.2. The van der Waals surface area contributed by atoms with E-state index in [1.807, 2.05) is 37.3 Å². The van der Waals surface area contributed by atoms with Crippen molar-refractivity contribution < 1.29 is 18.0 Å².